The molecule has 8 nitrogen and oxygen atoms in total. The van der Waals surface area contributed by atoms with Crippen LogP contribution in [0.2, 0.25) is 0 Å². The van der Waals surface area contributed by atoms with E-state index >= 15 is 0 Å². The fraction of sp³-hybridized carbons (Fsp3) is 0.192. The molecule has 170 valence electrons. The summed E-state index contributed by atoms with van der Waals surface area (Å²) < 4.78 is 2.04. The average Bonchev–Trinajstić information content (AvgIpc) is 3.48. The molecule has 0 radical (unpaired) electrons. The zero-order valence-electron chi connectivity index (χ0n) is 18.9. The van der Waals surface area contributed by atoms with Crippen molar-refractivity contribution in [2.24, 2.45) is 5.92 Å². The van der Waals surface area contributed by atoms with Crippen molar-refractivity contribution < 1.29 is 9.90 Å². The summed E-state index contributed by atoms with van der Waals surface area (Å²) in [6.07, 6.45) is 0.768. The second kappa shape index (κ2) is 8.90. The Balaban J connectivity index is 1.53. The van der Waals surface area contributed by atoms with Crippen molar-refractivity contribution >= 4 is 17.0 Å². The van der Waals surface area contributed by atoms with Gasteiger partial charge in [-0.2, -0.15) is 0 Å². The molecule has 0 bridgehead atoms. The highest BCUT2D eigenvalue weighted by atomic mass is 16.4. The molecule has 0 spiro atoms. The van der Waals surface area contributed by atoms with Crippen LogP contribution in [0.3, 0.4) is 0 Å². The number of aromatic carboxylic acids is 1. The summed E-state index contributed by atoms with van der Waals surface area (Å²) in [7, 11) is 0. The maximum atomic E-state index is 11.9. The molecule has 2 aromatic heterocycles. The molecular formula is C26H24N6O2. The molecule has 8 heteroatoms. The van der Waals surface area contributed by atoms with Gasteiger partial charge >= 0.3 is 5.97 Å². The van der Waals surface area contributed by atoms with Crippen molar-refractivity contribution in [1.82, 2.24) is 30.2 Å². The molecule has 0 fully saturated rings. The quantitative estimate of drug-likeness (QED) is 0.366. The molecule has 34 heavy (non-hydrogen) atoms. The van der Waals surface area contributed by atoms with E-state index in [9.17, 15) is 9.90 Å². The lowest BCUT2D eigenvalue weighted by atomic mass is 9.98. The number of aromatic nitrogens is 6. The largest absolute Gasteiger partial charge is 0.478 e. The van der Waals surface area contributed by atoms with Crippen LogP contribution in [0.5, 0.6) is 0 Å². The number of nitrogens with zero attached hydrogens (tertiary/aromatic N) is 5. The van der Waals surface area contributed by atoms with Crippen LogP contribution in [0.15, 0.2) is 66.7 Å². The van der Waals surface area contributed by atoms with Gasteiger partial charge in [0.05, 0.1) is 16.6 Å². The number of aromatic amines is 1. The number of hydrogen-bond acceptors (Lipinski definition) is 5. The number of benzene rings is 3. The highest BCUT2D eigenvalue weighted by molar-refractivity contribution is 6.01. The molecular weight excluding hydrogens is 428 g/mol. The Morgan fingerprint density at radius 2 is 1.76 bits per heavy atom. The van der Waals surface area contributed by atoms with E-state index in [1.165, 1.54) is 0 Å². The van der Waals surface area contributed by atoms with Crippen molar-refractivity contribution in [3.05, 3.63) is 83.7 Å². The van der Waals surface area contributed by atoms with Gasteiger partial charge in [-0.25, -0.2) is 14.9 Å². The highest BCUT2D eigenvalue weighted by Crippen LogP contribution is 2.30. The third kappa shape index (κ3) is 4.05. The van der Waals surface area contributed by atoms with Crippen molar-refractivity contribution in [3.8, 4) is 22.5 Å². The minimum atomic E-state index is -0.947. The number of imidazole rings is 1. The first kappa shape index (κ1) is 21.5. The maximum absolute atomic E-state index is 11.9. The molecule has 0 saturated heterocycles. The second-order valence-electron chi connectivity index (χ2n) is 8.68. The van der Waals surface area contributed by atoms with Gasteiger partial charge in [0, 0.05) is 18.5 Å². The Bertz CT molecular complexity index is 1450. The van der Waals surface area contributed by atoms with Crippen molar-refractivity contribution in [2.75, 3.05) is 0 Å². The van der Waals surface area contributed by atoms with Gasteiger partial charge in [-0.05, 0) is 45.2 Å². The number of nitrogens with one attached hydrogen (secondary N) is 1. The number of carbonyl (C=O) groups is 1. The number of carboxylic acid groups (broad SMARTS) is 1. The summed E-state index contributed by atoms with van der Waals surface area (Å²) in [5.74, 6) is 0.958. The van der Waals surface area contributed by atoms with Gasteiger partial charge in [-0.3, -0.25) is 0 Å². The van der Waals surface area contributed by atoms with E-state index < -0.39 is 5.97 Å². The maximum Gasteiger partial charge on any atom is 0.337 e. The summed E-state index contributed by atoms with van der Waals surface area (Å²) in [5.41, 5.74) is 5.69. The van der Waals surface area contributed by atoms with E-state index in [0.717, 1.165) is 34.5 Å². The molecule has 0 aliphatic carbocycles. The van der Waals surface area contributed by atoms with Crippen molar-refractivity contribution in [1.29, 1.82) is 0 Å². The number of rotatable bonds is 7. The van der Waals surface area contributed by atoms with Gasteiger partial charge in [-0.1, -0.05) is 68.4 Å². The molecule has 0 unspecified atom stereocenters. The first-order valence-corrected chi connectivity index (χ1v) is 11.1. The van der Waals surface area contributed by atoms with Gasteiger partial charge in [-0.15, -0.1) is 5.10 Å². The summed E-state index contributed by atoms with van der Waals surface area (Å²) >= 11 is 0. The van der Waals surface area contributed by atoms with Gasteiger partial charge < -0.3 is 9.67 Å². The normalized spacial score (nSPS) is 11.4. The Hall–Kier alpha value is -4.33. The van der Waals surface area contributed by atoms with Crippen LogP contribution in [-0.2, 0) is 13.0 Å². The number of H-pyrrole nitrogens is 1. The predicted molar refractivity (Wildman–Crippen MR) is 129 cm³/mol. The molecule has 2 N–H and O–H groups in total. The highest BCUT2D eigenvalue weighted by Gasteiger charge is 2.19. The number of hydrogen-bond donors (Lipinski definition) is 2. The van der Waals surface area contributed by atoms with Crippen LogP contribution < -0.4 is 0 Å². The van der Waals surface area contributed by atoms with Gasteiger partial charge in [0.2, 0.25) is 0 Å². The fourth-order valence-corrected chi connectivity index (χ4v) is 4.28. The van der Waals surface area contributed by atoms with E-state index in [4.69, 9.17) is 4.98 Å². The second-order valence-corrected chi connectivity index (χ2v) is 8.68. The topological polar surface area (TPSA) is 110 Å². The number of para-hydroxylation sites is 1. The monoisotopic (exact) mass is 452 g/mol. The smallest absolute Gasteiger partial charge is 0.337 e. The molecule has 2 heterocycles. The molecule has 0 aliphatic rings. The number of tetrazole rings is 1. The van der Waals surface area contributed by atoms with Crippen LogP contribution in [0.4, 0.5) is 0 Å². The molecule has 3 aromatic carbocycles. The Morgan fingerprint density at radius 1 is 1.00 bits per heavy atom. The summed E-state index contributed by atoms with van der Waals surface area (Å²) in [4.78, 5) is 16.7. The number of fused-ring (bicyclic) bond motifs is 1. The van der Waals surface area contributed by atoms with Gasteiger partial charge in [0.25, 0.3) is 0 Å². The van der Waals surface area contributed by atoms with Gasteiger partial charge in [0.15, 0.2) is 5.82 Å². The van der Waals surface area contributed by atoms with Crippen molar-refractivity contribution in [2.45, 2.75) is 26.8 Å². The van der Waals surface area contributed by atoms with Crippen LogP contribution >= 0.6 is 0 Å². The minimum Gasteiger partial charge on any atom is -0.478 e. The molecule has 0 saturated carbocycles. The number of carboxylic acids is 1. The van der Waals surface area contributed by atoms with Crippen LogP contribution in [0.25, 0.3) is 33.5 Å². The lowest BCUT2D eigenvalue weighted by Gasteiger charge is -2.13. The molecule has 0 atom stereocenters. The Labute approximate surface area is 196 Å². The van der Waals surface area contributed by atoms with E-state index in [0.29, 0.717) is 29.3 Å². The fourth-order valence-electron chi connectivity index (χ4n) is 4.28. The van der Waals surface area contributed by atoms with Crippen molar-refractivity contribution in [3.63, 3.8) is 0 Å². The predicted octanol–water partition coefficient (Wildman–Crippen LogP) is 4.83. The lowest BCUT2D eigenvalue weighted by molar-refractivity contribution is 0.0698. The molecule has 0 amide bonds. The standard InChI is InChI=1S/C26H24N6O2/c1-16(2)14-23-27-22-9-5-8-21(26(33)34)24(22)32(23)15-17-10-12-18(13-11-17)19-6-3-4-7-20(19)25-28-30-31-29-25/h3-13,16H,14-15H2,1-2H3,(H,33,34)(H,28,29,30,31). The zero-order valence-corrected chi connectivity index (χ0v) is 18.9. The Kier molecular flexibility index (Phi) is 5.63. The first-order chi connectivity index (χ1) is 16.5. The summed E-state index contributed by atoms with van der Waals surface area (Å²) in [6, 6.07) is 21.5. The third-order valence-electron chi connectivity index (χ3n) is 5.80. The molecule has 5 aromatic rings. The van der Waals surface area contributed by atoms with E-state index in [-0.39, 0.29) is 5.56 Å². The molecule has 5 rings (SSSR count). The van der Waals surface area contributed by atoms with Gasteiger partial charge in [0.1, 0.15) is 5.82 Å². The van der Waals surface area contributed by atoms with Crippen LogP contribution in [-0.4, -0.2) is 41.3 Å². The molecule has 0 aliphatic heterocycles. The van der Waals surface area contributed by atoms with E-state index in [1.54, 1.807) is 12.1 Å². The lowest BCUT2D eigenvalue weighted by Crippen LogP contribution is -2.10. The first-order valence-electron chi connectivity index (χ1n) is 11.1. The van der Waals surface area contributed by atoms with E-state index in [1.807, 2.05) is 34.9 Å². The minimum absolute atomic E-state index is 0.270. The average molecular weight is 453 g/mol. The van der Waals surface area contributed by atoms with Crippen LogP contribution in [0.1, 0.15) is 35.6 Å². The third-order valence-corrected chi connectivity index (χ3v) is 5.80. The SMILES string of the molecule is CC(C)Cc1nc2cccc(C(=O)O)c2n1Cc1ccc(-c2ccccc2-c2nnn[nH]2)cc1. The summed E-state index contributed by atoms with van der Waals surface area (Å²) in [5, 5.41) is 24.0. The zero-order chi connectivity index (χ0) is 23.7. The summed E-state index contributed by atoms with van der Waals surface area (Å²) in [6.45, 7) is 4.81. The Morgan fingerprint density at radius 3 is 2.44 bits per heavy atom. The van der Waals surface area contributed by atoms with E-state index in [2.05, 4.69) is 58.7 Å². The van der Waals surface area contributed by atoms with Crippen LogP contribution in [0, 0.1) is 5.92 Å².